The fourth-order valence-corrected chi connectivity index (χ4v) is 6.50. The number of aromatic nitrogens is 5. The number of amides is 1. The molecule has 1 aliphatic carbocycles. The molecule has 6 rings (SSSR count). The van der Waals surface area contributed by atoms with Crippen LogP contribution in [0.3, 0.4) is 0 Å². The third-order valence-electron chi connectivity index (χ3n) is 7.98. The Bertz CT molecular complexity index is 1690. The number of aryl methyl sites for hydroxylation is 2. The molecule has 3 atom stereocenters. The number of halogens is 1. The van der Waals surface area contributed by atoms with E-state index in [1.54, 1.807) is 30.0 Å². The molecule has 2 aliphatic rings. The Morgan fingerprint density at radius 3 is 2.60 bits per heavy atom. The maximum atomic E-state index is 13.6. The largest absolute Gasteiger partial charge is 0.377 e. The molecule has 0 bridgehead atoms. The summed E-state index contributed by atoms with van der Waals surface area (Å²) >= 11 is 7.29. The first-order valence-corrected chi connectivity index (χ1v) is 14.8. The van der Waals surface area contributed by atoms with Crippen LogP contribution in [0, 0.1) is 25.7 Å². The quantitative estimate of drug-likeness (QED) is 0.219. The highest BCUT2D eigenvalue weighted by Crippen LogP contribution is 2.58. The Balaban J connectivity index is 1.33. The van der Waals surface area contributed by atoms with Crippen LogP contribution < -0.4 is 20.5 Å². The number of nitrogens with zero attached hydrogens (tertiary/aromatic N) is 5. The third kappa shape index (κ3) is 4.60. The zero-order chi connectivity index (χ0) is 28.3. The maximum absolute atomic E-state index is 13.6. The third-order valence-corrected chi connectivity index (χ3v) is 8.58. The van der Waals surface area contributed by atoms with Crippen LogP contribution in [0.25, 0.3) is 10.9 Å². The van der Waals surface area contributed by atoms with Gasteiger partial charge < -0.3 is 10.2 Å². The average Bonchev–Trinajstić information content (AvgIpc) is 3.21. The molecule has 4 heterocycles. The van der Waals surface area contributed by atoms with Crippen LogP contribution in [0.4, 0.5) is 11.6 Å². The summed E-state index contributed by atoms with van der Waals surface area (Å²) in [7, 11) is 1.79. The van der Waals surface area contributed by atoms with Crippen molar-refractivity contribution >= 4 is 52.0 Å². The van der Waals surface area contributed by atoms with Gasteiger partial charge in [0.15, 0.2) is 5.69 Å². The smallest absolute Gasteiger partial charge is 0.281 e. The van der Waals surface area contributed by atoms with Gasteiger partial charge in [0.2, 0.25) is 5.95 Å². The van der Waals surface area contributed by atoms with E-state index in [0.717, 1.165) is 35.6 Å². The minimum Gasteiger partial charge on any atom is -0.377 e. The van der Waals surface area contributed by atoms with Crippen LogP contribution in [-0.2, 0) is 7.05 Å². The van der Waals surface area contributed by atoms with Gasteiger partial charge in [-0.2, -0.15) is 5.10 Å². The second-order valence-corrected chi connectivity index (χ2v) is 11.8. The number of hydrogen-bond acceptors (Lipinski definition) is 8. The number of pyridine rings is 1. The zero-order valence-corrected chi connectivity index (χ0v) is 24.5. The van der Waals surface area contributed by atoms with Gasteiger partial charge in [0.05, 0.1) is 28.3 Å². The van der Waals surface area contributed by atoms with Gasteiger partial charge in [-0.3, -0.25) is 24.0 Å². The maximum Gasteiger partial charge on any atom is 0.281 e. The van der Waals surface area contributed by atoms with Gasteiger partial charge in [-0.15, -0.1) is 0 Å². The molecule has 3 unspecified atom stereocenters. The minimum atomic E-state index is -0.344. The van der Waals surface area contributed by atoms with Crippen LogP contribution in [0.15, 0.2) is 35.1 Å². The molecule has 10 nitrogen and oxygen atoms in total. The molecule has 1 aromatic carbocycles. The van der Waals surface area contributed by atoms with Crippen molar-refractivity contribution in [3.05, 3.63) is 74.0 Å². The van der Waals surface area contributed by atoms with Gasteiger partial charge in [-0.05, 0) is 62.4 Å². The summed E-state index contributed by atoms with van der Waals surface area (Å²) in [4.78, 5) is 37.8. The van der Waals surface area contributed by atoms with E-state index in [1.807, 2.05) is 32.9 Å². The van der Waals surface area contributed by atoms with Crippen molar-refractivity contribution in [1.29, 1.82) is 0 Å². The summed E-state index contributed by atoms with van der Waals surface area (Å²) < 4.78 is 4.37. The van der Waals surface area contributed by atoms with E-state index < -0.39 is 0 Å². The molecule has 0 radical (unpaired) electrons. The number of hydrogen-bond donors (Lipinski definition) is 3. The van der Waals surface area contributed by atoms with Gasteiger partial charge in [0.25, 0.3) is 11.5 Å². The lowest BCUT2D eigenvalue weighted by Gasteiger charge is -2.25. The fraction of sp³-hybridized carbons (Fsp3) is 0.393. The lowest BCUT2D eigenvalue weighted by Crippen LogP contribution is -2.32. The number of benzene rings is 1. The lowest BCUT2D eigenvalue weighted by atomic mass is 10.0. The van der Waals surface area contributed by atoms with E-state index in [-0.39, 0.29) is 28.4 Å². The van der Waals surface area contributed by atoms with Crippen molar-refractivity contribution in [2.75, 3.05) is 29.6 Å². The number of H-pyrrole nitrogens is 1. The van der Waals surface area contributed by atoms with E-state index in [0.29, 0.717) is 40.3 Å². The zero-order valence-electron chi connectivity index (χ0n) is 22.9. The van der Waals surface area contributed by atoms with E-state index in [1.165, 1.54) is 11.9 Å². The summed E-state index contributed by atoms with van der Waals surface area (Å²) in [6.45, 7) is 7.65. The van der Waals surface area contributed by atoms with Gasteiger partial charge in [0, 0.05) is 43.6 Å². The Labute approximate surface area is 241 Å². The highest BCUT2D eigenvalue weighted by molar-refractivity contribution is 7.97. The number of carbonyl (C=O) groups excluding carboxylic acids is 1. The normalized spacial score (nSPS) is 20.4. The Morgan fingerprint density at radius 1 is 1.18 bits per heavy atom. The molecule has 1 amide bonds. The van der Waals surface area contributed by atoms with Crippen LogP contribution in [-0.4, -0.2) is 50.0 Å². The van der Waals surface area contributed by atoms with Crippen molar-refractivity contribution < 1.29 is 4.79 Å². The molecule has 4 aromatic rings. The first-order chi connectivity index (χ1) is 19.2. The molecule has 1 saturated carbocycles. The first-order valence-electron chi connectivity index (χ1n) is 13.2. The first kappa shape index (κ1) is 26.6. The van der Waals surface area contributed by atoms with E-state index >= 15 is 0 Å². The van der Waals surface area contributed by atoms with Crippen LogP contribution in [0.1, 0.15) is 51.9 Å². The highest BCUT2D eigenvalue weighted by atomic mass is 35.5. The Morgan fingerprint density at radius 2 is 1.93 bits per heavy atom. The van der Waals surface area contributed by atoms with E-state index in [2.05, 4.69) is 36.2 Å². The molecule has 3 aromatic heterocycles. The molecule has 2 fully saturated rings. The molecule has 3 N–H and O–H groups in total. The number of rotatable bonds is 7. The summed E-state index contributed by atoms with van der Waals surface area (Å²) in [5.74, 6) is 1.82. The topological polar surface area (TPSA) is 121 Å². The average molecular weight is 579 g/mol. The number of carbonyl (C=O) groups is 1. The molecular weight excluding hydrogens is 548 g/mol. The molecule has 12 heteroatoms. The van der Waals surface area contributed by atoms with Gasteiger partial charge in [0.1, 0.15) is 5.15 Å². The van der Waals surface area contributed by atoms with E-state index in [4.69, 9.17) is 16.6 Å². The SMILES string of the molecule is CSNC(=O)c1nc(Cl)ccc1NC(C)c1cc(C)cc2c(=O)n(C)c(N3CC4C(C3)C4c3cc(C)[nH]n3)nc12. The molecule has 0 spiro atoms. The molecule has 208 valence electrons. The second kappa shape index (κ2) is 10.1. The summed E-state index contributed by atoms with van der Waals surface area (Å²) in [5, 5.41) is 11.7. The van der Waals surface area contributed by atoms with Gasteiger partial charge in [-0.1, -0.05) is 29.6 Å². The monoisotopic (exact) mass is 578 g/mol. The van der Waals surface area contributed by atoms with Crippen molar-refractivity contribution in [2.45, 2.75) is 32.7 Å². The second-order valence-electron chi connectivity index (χ2n) is 10.8. The predicted molar refractivity (Wildman–Crippen MR) is 159 cm³/mol. The number of anilines is 2. The Hall–Kier alpha value is -3.57. The highest BCUT2D eigenvalue weighted by Gasteiger charge is 2.57. The summed E-state index contributed by atoms with van der Waals surface area (Å²) in [6.07, 6.45) is 1.77. The summed E-state index contributed by atoms with van der Waals surface area (Å²) in [5.41, 5.74) is 5.35. The molecular formula is C28H31ClN8O2S. The number of piperidine rings is 1. The number of fused-ring (bicyclic) bond motifs is 2. The van der Waals surface area contributed by atoms with Gasteiger partial charge >= 0.3 is 0 Å². The van der Waals surface area contributed by atoms with Crippen molar-refractivity contribution in [3.63, 3.8) is 0 Å². The number of nitrogens with one attached hydrogen (secondary N) is 3. The predicted octanol–water partition coefficient (Wildman–Crippen LogP) is 4.35. The lowest BCUT2D eigenvalue weighted by molar-refractivity contribution is 0.0980. The number of aromatic amines is 1. The van der Waals surface area contributed by atoms with Gasteiger partial charge in [-0.25, -0.2) is 9.97 Å². The molecule has 1 saturated heterocycles. The van der Waals surface area contributed by atoms with Crippen LogP contribution in [0.2, 0.25) is 5.15 Å². The van der Waals surface area contributed by atoms with Crippen molar-refractivity contribution in [1.82, 2.24) is 29.5 Å². The summed E-state index contributed by atoms with van der Waals surface area (Å²) in [6, 6.07) is 9.17. The minimum absolute atomic E-state index is 0.0783. The van der Waals surface area contributed by atoms with Crippen LogP contribution in [0.5, 0.6) is 0 Å². The van der Waals surface area contributed by atoms with E-state index in [9.17, 15) is 9.59 Å². The fourth-order valence-electron chi connectivity index (χ4n) is 6.07. The molecule has 1 aliphatic heterocycles. The van der Waals surface area contributed by atoms with Crippen molar-refractivity contribution in [3.8, 4) is 0 Å². The Kier molecular flexibility index (Phi) is 6.74. The van der Waals surface area contributed by atoms with Crippen molar-refractivity contribution in [2.24, 2.45) is 18.9 Å². The van der Waals surface area contributed by atoms with Crippen LogP contribution >= 0.6 is 23.5 Å². The molecule has 40 heavy (non-hydrogen) atoms. The standard InChI is InChI=1S/C28H31ClN8O2S/c1-13-8-16(15(3)30-20-6-7-22(29)31-25(20)26(38)35-40-5)24-17(9-13)27(39)36(4)28(32-24)37-11-18-19(12-37)23(18)21-10-14(2)33-34-21/h6-10,15,18-19,23,30H,11-12H2,1-5H3,(H,33,34)(H,35,38).